The van der Waals surface area contributed by atoms with Crippen LogP contribution in [0.25, 0.3) is 0 Å². The zero-order chi connectivity index (χ0) is 30.1. The van der Waals surface area contributed by atoms with Crippen LogP contribution in [-0.4, -0.2) is 77.9 Å². The van der Waals surface area contributed by atoms with Gasteiger partial charge in [-0.05, 0) is 44.2 Å². The lowest BCUT2D eigenvalue weighted by Crippen LogP contribution is -2.57. The van der Waals surface area contributed by atoms with Crippen molar-refractivity contribution in [3.8, 4) is 0 Å². The number of rotatable bonds is 19. The fourth-order valence-corrected chi connectivity index (χ4v) is 3.71. The number of carboxylic acids is 1. The van der Waals surface area contributed by atoms with Gasteiger partial charge in [-0.1, -0.05) is 30.3 Å². The van der Waals surface area contributed by atoms with E-state index >= 15 is 0 Å². The van der Waals surface area contributed by atoms with E-state index in [1.165, 1.54) is 0 Å². The zero-order valence-corrected chi connectivity index (χ0v) is 22.4. The molecule has 1 rings (SSSR count). The Morgan fingerprint density at radius 2 is 1.38 bits per heavy atom. The molecule has 4 unspecified atom stereocenters. The molecular weight excluding hydrogens is 522 g/mol. The van der Waals surface area contributed by atoms with E-state index in [-0.39, 0.29) is 38.2 Å². The Morgan fingerprint density at radius 1 is 0.800 bits per heavy atom. The molecule has 0 bridgehead atoms. The van der Waals surface area contributed by atoms with Gasteiger partial charge in [-0.25, -0.2) is 4.79 Å². The van der Waals surface area contributed by atoms with Gasteiger partial charge in [-0.2, -0.15) is 0 Å². The van der Waals surface area contributed by atoms with E-state index in [0.29, 0.717) is 24.9 Å². The summed E-state index contributed by atoms with van der Waals surface area (Å²) in [6.45, 7) is 0.534. The summed E-state index contributed by atoms with van der Waals surface area (Å²) >= 11 is 0. The highest BCUT2D eigenvalue weighted by atomic mass is 16.4. The second-order valence-corrected chi connectivity index (χ2v) is 9.22. The van der Waals surface area contributed by atoms with Crippen LogP contribution in [0.4, 0.5) is 0 Å². The molecule has 1 aromatic carbocycles. The molecule has 0 aliphatic heterocycles. The van der Waals surface area contributed by atoms with Gasteiger partial charge in [0.1, 0.15) is 18.1 Å². The number of carbonyl (C=O) groups excluding carboxylic acids is 4. The van der Waals surface area contributed by atoms with Gasteiger partial charge >= 0.3 is 5.97 Å². The predicted octanol–water partition coefficient (Wildman–Crippen LogP) is -2.85. The van der Waals surface area contributed by atoms with Crippen LogP contribution in [-0.2, 0) is 30.4 Å². The second kappa shape index (κ2) is 18.1. The number of benzene rings is 1. The molecule has 4 amide bonds. The fraction of sp³-hybridized carbons (Fsp3) is 0.520. The molecule has 0 fully saturated rings. The van der Waals surface area contributed by atoms with Crippen LogP contribution in [0.15, 0.2) is 35.3 Å². The van der Waals surface area contributed by atoms with Gasteiger partial charge in [-0.15, -0.1) is 0 Å². The molecule has 0 aromatic heterocycles. The quantitative estimate of drug-likeness (QED) is 0.0471. The highest BCUT2D eigenvalue weighted by molar-refractivity contribution is 5.95. The summed E-state index contributed by atoms with van der Waals surface area (Å²) in [6, 6.07) is 4.00. The fourth-order valence-electron chi connectivity index (χ4n) is 3.71. The van der Waals surface area contributed by atoms with Crippen LogP contribution >= 0.6 is 0 Å². The van der Waals surface area contributed by atoms with E-state index < -0.39 is 60.2 Å². The highest BCUT2D eigenvalue weighted by Gasteiger charge is 2.30. The van der Waals surface area contributed by atoms with Crippen LogP contribution in [0.5, 0.6) is 0 Å². The lowest BCUT2D eigenvalue weighted by Gasteiger charge is -2.25. The number of aliphatic imine (C=N–C) groups is 1. The smallest absolute Gasteiger partial charge is 0.326 e. The van der Waals surface area contributed by atoms with Crippen molar-refractivity contribution in [1.82, 2.24) is 16.0 Å². The molecule has 0 aliphatic rings. The largest absolute Gasteiger partial charge is 0.480 e. The van der Waals surface area contributed by atoms with Crippen LogP contribution in [0.1, 0.15) is 44.1 Å². The van der Waals surface area contributed by atoms with Crippen LogP contribution < -0.4 is 44.6 Å². The summed E-state index contributed by atoms with van der Waals surface area (Å²) in [5.74, 6) is -4.36. The van der Waals surface area contributed by atoms with Crippen LogP contribution in [0, 0.1) is 0 Å². The van der Waals surface area contributed by atoms with Gasteiger partial charge in [-0.3, -0.25) is 24.2 Å². The molecule has 15 heteroatoms. The van der Waals surface area contributed by atoms with E-state index in [4.69, 9.17) is 28.7 Å². The molecule has 15 nitrogen and oxygen atoms in total. The first kappa shape index (κ1) is 33.8. The minimum absolute atomic E-state index is 0.0474. The minimum atomic E-state index is -1.28. The summed E-state index contributed by atoms with van der Waals surface area (Å²) in [5, 5.41) is 17.2. The summed E-state index contributed by atoms with van der Waals surface area (Å²) < 4.78 is 0. The Labute approximate surface area is 232 Å². The van der Waals surface area contributed by atoms with E-state index in [0.717, 1.165) is 0 Å². The van der Waals surface area contributed by atoms with Crippen molar-refractivity contribution in [2.24, 2.45) is 33.7 Å². The first-order valence-corrected chi connectivity index (χ1v) is 12.9. The topological polar surface area (TPSA) is 284 Å². The minimum Gasteiger partial charge on any atom is -0.480 e. The Morgan fingerprint density at radius 3 is 1.95 bits per heavy atom. The van der Waals surface area contributed by atoms with Crippen molar-refractivity contribution >= 4 is 35.6 Å². The summed E-state index contributed by atoms with van der Waals surface area (Å²) in [5.41, 5.74) is 27.7. The number of nitrogens with one attached hydrogen (secondary N) is 3. The van der Waals surface area contributed by atoms with Crippen molar-refractivity contribution in [3.63, 3.8) is 0 Å². The number of aliphatic carboxylic acids is 1. The van der Waals surface area contributed by atoms with Crippen molar-refractivity contribution in [3.05, 3.63) is 35.9 Å². The van der Waals surface area contributed by atoms with E-state index in [9.17, 15) is 29.1 Å². The first-order valence-electron chi connectivity index (χ1n) is 12.9. The van der Waals surface area contributed by atoms with Crippen molar-refractivity contribution in [1.29, 1.82) is 0 Å². The van der Waals surface area contributed by atoms with Crippen molar-refractivity contribution in [2.45, 2.75) is 69.1 Å². The van der Waals surface area contributed by atoms with Crippen LogP contribution in [0.3, 0.4) is 0 Å². The third kappa shape index (κ3) is 13.5. The lowest BCUT2D eigenvalue weighted by molar-refractivity contribution is -0.142. The lowest BCUT2D eigenvalue weighted by atomic mass is 10.0. The molecule has 0 aliphatic carbocycles. The van der Waals surface area contributed by atoms with Gasteiger partial charge < -0.3 is 49.7 Å². The van der Waals surface area contributed by atoms with Crippen molar-refractivity contribution in [2.75, 3.05) is 13.1 Å². The number of unbranched alkanes of at least 4 members (excludes halogenated alkanes) is 1. The highest BCUT2D eigenvalue weighted by Crippen LogP contribution is 2.08. The maximum absolute atomic E-state index is 13.4. The zero-order valence-electron chi connectivity index (χ0n) is 22.4. The third-order valence-electron chi connectivity index (χ3n) is 5.81. The monoisotopic (exact) mass is 563 g/mol. The Balaban J connectivity index is 3.07. The molecule has 0 heterocycles. The number of nitrogens with two attached hydrogens (primary N) is 5. The van der Waals surface area contributed by atoms with E-state index in [2.05, 4.69) is 20.9 Å². The summed E-state index contributed by atoms with van der Waals surface area (Å²) in [6.07, 6.45) is 1.17. The molecule has 222 valence electrons. The Hall–Kier alpha value is -4.24. The normalized spacial score (nSPS) is 13.7. The number of amides is 4. The molecule has 0 radical (unpaired) electrons. The molecule has 1 aromatic rings. The maximum Gasteiger partial charge on any atom is 0.326 e. The van der Waals surface area contributed by atoms with E-state index in [1.54, 1.807) is 30.3 Å². The van der Waals surface area contributed by atoms with E-state index in [1.807, 2.05) is 0 Å². The number of carbonyl (C=O) groups is 5. The maximum atomic E-state index is 13.4. The Bertz CT molecular complexity index is 1020. The number of hydrogen-bond donors (Lipinski definition) is 9. The number of primary amides is 1. The third-order valence-corrected chi connectivity index (χ3v) is 5.81. The SMILES string of the molecule is NCCCCC(NC(=O)C(Cc1ccccc1)NC(=O)C(N)CC(N)=O)C(=O)NC(CCCN=C(N)N)C(=O)O. The second-order valence-electron chi connectivity index (χ2n) is 9.22. The van der Waals surface area contributed by atoms with Gasteiger partial charge in [0.05, 0.1) is 12.5 Å². The van der Waals surface area contributed by atoms with Gasteiger partial charge in [0.25, 0.3) is 0 Å². The molecular formula is C25H41N9O6. The molecule has 0 saturated carbocycles. The van der Waals surface area contributed by atoms with Gasteiger partial charge in [0, 0.05) is 13.0 Å². The number of guanidine groups is 1. The number of hydrogen-bond acceptors (Lipinski definition) is 8. The predicted molar refractivity (Wildman–Crippen MR) is 148 cm³/mol. The molecule has 0 spiro atoms. The first-order chi connectivity index (χ1) is 18.9. The number of nitrogens with zero attached hydrogens (tertiary/aromatic N) is 1. The average molecular weight is 564 g/mol. The molecule has 4 atom stereocenters. The Kier molecular flexibility index (Phi) is 15.3. The standard InChI is InChI=1S/C25H41N9O6/c26-11-5-4-9-17(22(37)33-18(24(39)40)10-6-12-31-25(29)30)32-23(38)19(13-15-7-2-1-3-8-15)34-21(36)16(27)14-20(28)35/h1-3,7-8,16-19H,4-6,9-14,26-27H2,(H2,28,35)(H,32,38)(H,33,37)(H,34,36)(H,39,40)(H4,29,30,31). The molecule has 14 N–H and O–H groups in total. The molecule has 0 saturated heterocycles. The van der Waals surface area contributed by atoms with Gasteiger partial charge in [0.2, 0.25) is 23.6 Å². The average Bonchev–Trinajstić information content (AvgIpc) is 2.89. The molecule has 40 heavy (non-hydrogen) atoms. The van der Waals surface area contributed by atoms with Crippen LogP contribution in [0.2, 0.25) is 0 Å². The van der Waals surface area contributed by atoms with Gasteiger partial charge in [0.15, 0.2) is 5.96 Å². The summed E-state index contributed by atoms with van der Waals surface area (Å²) in [7, 11) is 0. The number of carboxylic acid groups (broad SMARTS) is 1. The summed E-state index contributed by atoms with van der Waals surface area (Å²) in [4.78, 5) is 65.8. The van der Waals surface area contributed by atoms with Crippen molar-refractivity contribution < 1.29 is 29.1 Å².